The van der Waals surface area contributed by atoms with E-state index in [2.05, 4.69) is 41.4 Å². The Balaban J connectivity index is 2.13. The summed E-state index contributed by atoms with van der Waals surface area (Å²) in [5.74, 6) is 0.631. The SMILES string of the molecule is CC[C@@H](NS)c1cnc(OC2(C)CC2)c2cnc(Cl)cc12. The topological polar surface area (TPSA) is 47.0 Å². The van der Waals surface area contributed by atoms with Gasteiger partial charge in [0.05, 0.1) is 5.39 Å². The molecule has 2 heterocycles. The van der Waals surface area contributed by atoms with Crippen LogP contribution in [0, 0.1) is 0 Å². The zero-order valence-corrected chi connectivity index (χ0v) is 13.7. The summed E-state index contributed by atoms with van der Waals surface area (Å²) in [6.07, 6.45) is 6.61. The van der Waals surface area contributed by atoms with Crippen molar-refractivity contribution >= 4 is 35.2 Å². The Labute approximate surface area is 134 Å². The molecule has 2 aromatic rings. The number of halogens is 1. The maximum atomic E-state index is 6.07. The highest BCUT2D eigenvalue weighted by atomic mass is 35.5. The van der Waals surface area contributed by atoms with E-state index in [1.807, 2.05) is 12.3 Å². The van der Waals surface area contributed by atoms with Crippen LogP contribution in [0.4, 0.5) is 0 Å². The first-order valence-electron chi connectivity index (χ1n) is 7.09. The van der Waals surface area contributed by atoms with E-state index in [-0.39, 0.29) is 11.6 Å². The van der Waals surface area contributed by atoms with Gasteiger partial charge in [0.25, 0.3) is 0 Å². The maximum Gasteiger partial charge on any atom is 0.223 e. The van der Waals surface area contributed by atoms with Crippen LogP contribution < -0.4 is 9.46 Å². The predicted octanol–water partition coefficient (Wildman–Crippen LogP) is 4.10. The standard InChI is InChI=1S/C15H18ClN3OS/c1-3-12(19-21)10-7-18-14(20-15(2)4-5-15)11-8-17-13(16)6-9(10)11/h6-8,12,19,21H,3-5H2,1-2H3/t12-/m1/s1. The summed E-state index contributed by atoms with van der Waals surface area (Å²) < 4.78 is 9.04. The molecule has 4 nitrogen and oxygen atoms in total. The molecule has 112 valence electrons. The number of pyridine rings is 2. The summed E-state index contributed by atoms with van der Waals surface area (Å²) in [7, 11) is 0. The minimum atomic E-state index is -0.0764. The van der Waals surface area contributed by atoms with Crippen LogP contribution >= 0.6 is 24.4 Å². The van der Waals surface area contributed by atoms with Crippen molar-refractivity contribution in [2.75, 3.05) is 0 Å². The third-order valence-electron chi connectivity index (χ3n) is 3.97. The number of nitrogens with zero attached hydrogens (tertiary/aromatic N) is 2. The molecular formula is C15H18ClN3OS. The van der Waals surface area contributed by atoms with Crippen LogP contribution in [0.2, 0.25) is 5.15 Å². The van der Waals surface area contributed by atoms with E-state index in [1.165, 1.54) is 0 Å². The zero-order valence-electron chi connectivity index (χ0n) is 12.1. The molecule has 1 fully saturated rings. The van der Waals surface area contributed by atoms with E-state index in [0.717, 1.165) is 35.6 Å². The summed E-state index contributed by atoms with van der Waals surface area (Å²) in [5.41, 5.74) is 0.979. The lowest BCUT2D eigenvalue weighted by molar-refractivity contribution is 0.194. The average molecular weight is 324 g/mol. The molecule has 3 rings (SSSR count). The number of thiol groups is 1. The Morgan fingerprint density at radius 1 is 1.38 bits per heavy atom. The number of ether oxygens (including phenoxy) is 1. The number of fused-ring (bicyclic) bond motifs is 1. The van der Waals surface area contributed by atoms with Crippen molar-refractivity contribution in [3.8, 4) is 5.88 Å². The highest BCUT2D eigenvalue weighted by Crippen LogP contribution is 2.41. The van der Waals surface area contributed by atoms with Gasteiger partial charge in [-0.15, -0.1) is 0 Å². The van der Waals surface area contributed by atoms with Crippen molar-refractivity contribution in [3.05, 3.63) is 29.2 Å². The van der Waals surface area contributed by atoms with Crippen LogP contribution in [-0.2, 0) is 0 Å². The lowest BCUT2D eigenvalue weighted by Crippen LogP contribution is -2.15. The number of hydrogen-bond acceptors (Lipinski definition) is 5. The quantitative estimate of drug-likeness (QED) is 0.642. The number of hydrogen-bond donors (Lipinski definition) is 2. The second-order valence-electron chi connectivity index (χ2n) is 5.71. The van der Waals surface area contributed by atoms with Crippen molar-refractivity contribution in [1.29, 1.82) is 0 Å². The largest absolute Gasteiger partial charge is 0.471 e. The van der Waals surface area contributed by atoms with Gasteiger partial charge in [-0.3, -0.25) is 4.72 Å². The first-order valence-corrected chi connectivity index (χ1v) is 7.91. The minimum absolute atomic E-state index is 0.0764. The van der Waals surface area contributed by atoms with Crippen LogP contribution in [0.25, 0.3) is 10.8 Å². The van der Waals surface area contributed by atoms with Crippen molar-refractivity contribution in [2.24, 2.45) is 0 Å². The van der Waals surface area contributed by atoms with Gasteiger partial charge < -0.3 is 4.74 Å². The smallest absolute Gasteiger partial charge is 0.223 e. The molecule has 1 aliphatic carbocycles. The molecule has 0 spiro atoms. The second-order valence-corrected chi connectivity index (χ2v) is 6.36. The molecule has 1 N–H and O–H groups in total. The molecule has 6 heteroatoms. The summed E-state index contributed by atoms with van der Waals surface area (Å²) in [6, 6.07) is 1.97. The zero-order chi connectivity index (χ0) is 15.0. The van der Waals surface area contributed by atoms with E-state index in [1.54, 1.807) is 6.20 Å². The van der Waals surface area contributed by atoms with E-state index >= 15 is 0 Å². The van der Waals surface area contributed by atoms with Gasteiger partial charge in [0.2, 0.25) is 5.88 Å². The Kier molecular flexibility index (Phi) is 3.99. The molecule has 0 aliphatic heterocycles. The Bertz CT molecular complexity index is 671. The Morgan fingerprint density at radius 3 is 2.76 bits per heavy atom. The predicted molar refractivity (Wildman–Crippen MR) is 88.0 cm³/mol. The second kappa shape index (κ2) is 5.63. The molecular weight excluding hydrogens is 306 g/mol. The van der Waals surface area contributed by atoms with Crippen LogP contribution in [0.1, 0.15) is 44.7 Å². The van der Waals surface area contributed by atoms with Crippen LogP contribution in [0.3, 0.4) is 0 Å². The Hall–Kier alpha value is -1.04. The van der Waals surface area contributed by atoms with Crippen molar-refractivity contribution in [1.82, 2.24) is 14.7 Å². The number of nitrogens with one attached hydrogen (secondary N) is 1. The lowest BCUT2D eigenvalue weighted by atomic mass is 10.0. The summed E-state index contributed by atoms with van der Waals surface area (Å²) in [6.45, 7) is 4.19. The van der Waals surface area contributed by atoms with Crippen molar-refractivity contribution in [3.63, 3.8) is 0 Å². The van der Waals surface area contributed by atoms with Crippen LogP contribution in [0.15, 0.2) is 18.5 Å². The van der Waals surface area contributed by atoms with E-state index in [4.69, 9.17) is 16.3 Å². The van der Waals surface area contributed by atoms with Crippen LogP contribution in [-0.4, -0.2) is 15.6 Å². The molecule has 1 atom stereocenters. The van der Waals surface area contributed by atoms with Gasteiger partial charge in [-0.1, -0.05) is 31.3 Å². The summed E-state index contributed by atoms with van der Waals surface area (Å²) in [5, 5.41) is 2.37. The number of rotatable bonds is 5. The van der Waals surface area contributed by atoms with Gasteiger partial charge in [0.1, 0.15) is 10.8 Å². The fourth-order valence-corrected chi connectivity index (χ4v) is 2.84. The first-order chi connectivity index (χ1) is 10.1. The molecule has 1 aliphatic rings. The minimum Gasteiger partial charge on any atom is -0.471 e. The van der Waals surface area contributed by atoms with Gasteiger partial charge in [0.15, 0.2) is 0 Å². The monoisotopic (exact) mass is 323 g/mol. The molecule has 21 heavy (non-hydrogen) atoms. The summed E-state index contributed by atoms with van der Waals surface area (Å²) >= 11 is 10.3. The number of aromatic nitrogens is 2. The molecule has 0 bridgehead atoms. The molecule has 0 saturated heterocycles. The average Bonchev–Trinajstić information content (AvgIpc) is 3.19. The fraction of sp³-hybridized carbons (Fsp3) is 0.467. The molecule has 0 aromatic carbocycles. The van der Waals surface area contributed by atoms with Crippen molar-refractivity contribution < 1.29 is 4.74 Å². The van der Waals surface area contributed by atoms with Gasteiger partial charge in [-0.2, -0.15) is 0 Å². The molecule has 0 radical (unpaired) electrons. The third-order valence-corrected chi connectivity index (χ3v) is 4.49. The first kappa shape index (κ1) is 14.9. The van der Waals surface area contributed by atoms with E-state index in [9.17, 15) is 0 Å². The third kappa shape index (κ3) is 2.96. The highest BCUT2D eigenvalue weighted by molar-refractivity contribution is 7.78. The van der Waals surface area contributed by atoms with E-state index < -0.39 is 0 Å². The van der Waals surface area contributed by atoms with Crippen molar-refractivity contribution in [2.45, 2.75) is 44.8 Å². The summed E-state index contributed by atoms with van der Waals surface area (Å²) in [4.78, 5) is 8.68. The Morgan fingerprint density at radius 2 is 2.14 bits per heavy atom. The molecule has 0 unspecified atom stereocenters. The molecule has 2 aromatic heterocycles. The van der Waals surface area contributed by atoms with E-state index in [0.29, 0.717) is 11.0 Å². The normalized spacial score (nSPS) is 17.7. The maximum absolute atomic E-state index is 6.07. The van der Waals surface area contributed by atoms with Gasteiger partial charge in [-0.05, 0) is 43.2 Å². The lowest BCUT2D eigenvalue weighted by Gasteiger charge is -2.19. The van der Waals surface area contributed by atoms with Gasteiger partial charge in [-0.25, -0.2) is 9.97 Å². The molecule has 1 saturated carbocycles. The highest BCUT2D eigenvalue weighted by Gasteiger charge is 2.41. The molecule has 0 amide bonds. The fourth-order valence-electron chi connectivity index (χ4n) is 2.36. The van der Waals surface area contributed by atoms with Crippen LogP contribution in [0.5, 0.6) is 5.88 Å². The van der Waals surface area contributed by atoms with Gasteiger partial charge in [0, 0.05) is 18.4 Å². The van der Waals surface area contributed by atoms with Gasteiger partial charge >= 0.3 is 0 Å².